The lowest BCUT2D eigenvalue weighted by Crippen LogP contribution is -2.26. The molecule has 80 valence electrons. The zero-order valence-electron chi connectivity index (χ0n) is 9.77. The van der Waals surface area contributed by atoms with Crippen molar-refractivity contribution in [2.75, 3.05) is 0 Å². The van der Waals surface area contributed by atoms with Crippen LogP contribution in [0.3, 0.4) is 0 Å². The smallest absolute Gasteiger partial charge is 0.180 e. The lowest BCUT2D eigenvalue weighted by atomic mass is 9.90. The number of hydrogen-bond donors (Lipinski definition) is 1. The van der Waals surface area contributed by atoms with Crippen LogP contribution in [0.2, 0.25) is 0 Å². The third-order valence-corrected chi connectivity index (χ3v) is 3.82. The normalized spacial score (nSPS) is 19.5. The molecule has 2 nitrogen and oxygen atoms in total. The quantitative estimate of drug-likeness (QED) is 0.700. The lowest BCUT2D eigenvalue weighted by molar-refractivity contribution is 0.0974. The summed E-state index contributed by atoms with van der Waals surface area (Å²) in [6.45, 7) is 8.31. The average Bonchev–Trinajstić information content (AvgIpc) is 2.50. The monoisotopic (exact) mass is 203 g/mol. The number of carbonyl (C=O) groups is 1. The first-order valence-electron chi connectivity index (χ1n) is 5.34. The molecule has 2 heteroatoms. The zero-order valence-corrected chi connectivity index (χ0v) is 9.77. The second-order valence-electron chi connectivity index (χ2n) is 4.53. The second-order valence-corrected chi connectivity index (χ2v) is 4.53. The number of rotatable bonds is 0. The van der Waals surface area contributed by atoms with Gasteiger partial charge in [-0.05, 0) is 61.9 Å². The summed E-state index contributed by atoms with van der Waals surface area (Å²) in [6.07, 6.45) is 0.710. The van der Waals surface area contributed by atoms with Gasteiger partial charge in [-0.3, -0.25) is 4.79 Å². The van der Waals surface area contributed by atoms with Crippen molar-refractivity contribution in [3.05, 3.63) is 33.4 Å². The van der Waals surface area contributed by atoms with Crippen molar-refractivity contribution < 1.29 is 4.79 Å². The van der Waals surface area contributed by atoms with E-state index in [1.807, 2.05) is 6.92 Å². The Morgan fingerprint density at radius 2 is 1.53 bits per heavy atom. The molecule has 0 amide bonds. The molecule has 0 saturated heterocycles. The summed E-state index contributed by atoms with van der Waals surface area (Å²) >= 11 is 0. The number of nitrogens with two attached hydrogens (primary N) is 1. The highest BCUT2D eigenvalue weighted by molar-refractivity contribution is 6.06. The Labute approximate surface area is 90.5 Å². The van der Waals surface area contributed by atoms with E-state index in [1.165, 1.54) is 22.3 Å². The standard InChI is InChI=1S/C13H17NO/c1-6-7(2)9(4)12-10(8(6)3)5-11(14)13(12)15/h11H,5,14H2,1-4H3. The predicted octanol–water partition coefficient (Wildman–Crippen LogP) is 1.99. The number of Topliss-reactive ketones (excluding diaryl/α,β-unsaturated/α-hetero) is 1. The molecule has 1 aliphatic rings. The fourth-order valence-electron chi connectivity index (χ4n) is 2.48. The summed E-state index contributed by atoms with van der Waals surface area (Å²) in [7, 11) is 0. The summed E-state index contributed by atoms with van der Waals surface area (Å²) in [5.41, 5.74) is 12.8. The SMILES string of the molecule is Cc1c(C)c(C)c2c(c1C)CC(N)C2=O. The Morgan fingerprint density at radius 1 is 1.00 bits per heavy atom. The van der Waals surface area contributed by atoms with Crippen LogP contribution < -0.4 is 5.73 Å². The van der Waals surface area contributed by atoms with Crippen LogP contribution >= 0.6 is 0 Å². The van der Waals surface area contributed by atoms with Gasteiger partial charge < -0.3 is 5.73 Å². The van der Waals surface area contributed by atoms with Crippen molar-refractivity contribution in [3.63, 3.8) is 0 Å². The van der Waals surface area contributed by atoms with Crippen molar-refractivity contribution in [1.29, 1.82) is 0 Å². The Kier molecular flexibility index (Phi) is 2.19. The largest absolute Gasteiger partial charge is 0.321 e. The lowest BCUT2D eigenvalue weighted by Gasteiger charge is -2.14. The highest BCUT2D eigenvalue weighted by Crippen LogP contribution is 2.32. The van der Waals surface area contributed by atoms with Crippen molar-refractivity contribution in [2.45, 2.75) is 40.2 Å². The van der Waals surface area contributed by atoms with Gasteiger partial charge in [-0.25, -0.2) is 0 Å². The van der Waals surface area contributed by atoms with Gasteiger partial charge in [0.2, 0.25) is 0 Å². The van der Waals surface area contributed by atoms with E-state index in [-0.39, 0.29) is 11.8 Å². The summed E-state index contributed by atoms with van der Waals surface area (Å²) in [6, 6.07) is -0.321. The van der Waals surface area contributed by atoms with Gasteiger partial charge in [0, 0.05) is 5.56 Å². The molecule has 2 N–H and O–H groups in total. The van der Waals surface area contributed by atoms with E-state index in [2.05, 4.69) is 20.8 Å². The maximum absolute atomic E-state index is 11.9. The van der Waals surface area contributed by atoms with Crippen LogP contribution in [0.4, 0.5) is 0 Å². The van der Waals surface area contributed by atoms with Gasteiger partial charge in [0.15, 0.2) is 5.78 Å². The number of carbonyl (C=O) groups excluding carboxylic acids is 1. The van der Waals surface area contributed by atoms with Gasteiger partial charge in [-0.15, -0.1) is 0 Å². The van der Waals surface area contributed by atoms with Crippen LogP contribution in [0.5, 0.6) is 0 Å². The first-order valence-corrected chi connectivity index (χ1v) is 5.34. The zero-order chi connectivity index (χ0) is 11.3. The second kappa shape index (κ2) is 3.17. The highest BCUT2D eigenvalue weighted by atomic mass is 16.1. The molecule has 0 heterocycles. The summed E-state index contributed by atoms with van der Waals surface area (Å²) in [5, 5.41) is 0. The van der Waals surface area contributed by atoms with E-state index in [1.54, 1.807) is 0 Å². The van der Waals surface area contributed by atoms with Gasteiger partial charge >= 0.3 is 0 Å². The van der Waals surface area contributed by atoms with Crippen molar-refractivity contribution in [1.82, 2.24) is 0 Å². The molecule has 1 unspecified atom stereocenters. The third-order valence-electron chi connectivity index (χ3n) is 3.82. The minimum atomic E-state index is -0.321. The van der Waals surface area contributed by atoms with Gasteiger partial charge in [-0.1, -0.05) is 0 Å². The number of benzene rings is 1. The van der Waals surface area contributed by atoms with Crippen LogP contribution in [0.25, 0.3) is 0 Å². The molecule has 1 aromatic carbocycles. The van der Waals surface area contributed by atoms with Crippen molar-refractivity contribution >= 4 is 5.78 Å². The molecule has 0 bridgehead atoms. The molecule has 0 saturated carbocycles. The van der Waals surface area contributed by atoms with Gasteiger partial charge in [0.25, 0.3) is 0 Å². The molecular formula is C13H17NO. The molecule has 0 spiro atoms. The van der Waals surface area contributed by atoms with Crippen LogP contribution in [0.1, 0.15) is 38.2 Å². The maximum atomic E-state index is 11.9. The molecule has 0 fully saturated rings. The van der Waals surface area contributed by atoms with Crippen LogP contribution in [-0.2, 0) is 6.42 Å². The van der Waals surface area contributed by atoms with E-state index in [0.29, 0.717) is 6.42 Å². The summed E-state index contributed by atoms with van der Waals surface area (Å²) in [4.78, 5) is 11.9. The molecule has 1 aliphatic carbocycles. The minimum Gasteiger partial charge on any atom is -0.321 e. The third kappa shape index (κ3) is 1.25. The molecule has 0 aromatic heterocycles. The molecule has 0 aliphatic heterocycles. The van der Waals surface area contributed by atoms with Crippen LogP contribution in [0, 0.1) is 27.7 Å². The highest BCUT2D eigenvalue weighted by Gasteiger charge is 2.31. The first kappa shape index (κ1) is 10.4. The van der Waals surface area contributed by atoms with Crippen LogP contribution in [-0.4, -0.2) is 11.8 Å². The minimum absolute atomic E-state index is 0.119. The van der Waals surface area contributed by atoms with E-state index in [9.17, 15) is 4.79 Å². The van der Waals surface area contributed by atoms with E-state index in [0.717, 1.165) is 11.1 Å². The van der Waals surface area contributed by atoms with E-state index in [4.69, 9.17) is 5.73 Å². The average molecular weight is 203 g/mol. The molecule has 0 radical (unpaired) electrons. The van der Waals surface area contributed by atoms with Crippen LogP contribution in [0.15, 0.2) is 0 Å². The van der Waals surface area contributed by atoms with Crippen molar-refractivity contribution in [2.24, 2.45) is 5.73 Å². The number of ketones is 1. The molecule has 1 atom stereocenters. The fraction of sp³-hybridized carbons (Fsp3) is 0.462. The number of hydrogen-bond acceptors (Lipinski definition) is 2. The molecule has 2 rings (SSSR count). The van der Waals surface area contributed by atoms with E-state index < -0.39 is 0 Å². The topological polar surface area (TPSA) is 43.1 Å². The van der Waals surface area contributed by atoms with Crippen molar-refractivity contribution in [3.8, 4) is 0 Å². The first-order chi connectivity index (χ1) is 6.95. The van der Waals surface area contributed by atoms with Gasteiger partial charge in [-0.2, -0.15) is 0 Å². The fourth-order valence-corrected chi connectivity index (χ4v) is 2.48. The Balaban J connectivity index is 2.81. The maximum Gasteiger partial charge on any atom is 0.180 e. The predicted molar refractivity (Wildman–Crippen MR) is 61.4 cm³/mol. The molecule has 15 heavy (non-hydrogen) atoms. The Morgan fingerprint density at radius 3 is 2.13 bits per heavy atom. The van der Waals surface area contributed by atoms with E-state index >= 15 is 0 Å². The Bertz CT molecular complexity index is 460. The summed E-state index contributed by atoms with van der Waals surface area (Å²) < 4.78 is 0. The van der Waals surface area contributed by atoms with Gasteiger partial charge in [0.05, 0.1) is 6.04 Å². The molecular weight excluding hydrogens is 186 g/mol. The van der Waals surface area contributed by atoms with Gasteiger partial charge in [0.1, 0.15) is 0 Å². The Hall–Kier alpha value is -1.15. The molecule has 1 aromatic rings. The summed E-state index contributed by atoms with van der Waals surface area (Å²) in [5.74, 6) is 0.119. The number of fused-ring (bicyclic) bond motifs is 1.